The maximum absolute atomic E-state index is 6.14. The van der Waals surface area contributed by atoms with E-state index in [0.29, 0.717) is 6.04 Å². The zero-order valence-corrected chi connectivity index (χ0v) is 12.1. The van der Waals surface area contributed by atoms with E-state index in [1.165, 1.54) is 24.1 Å². The van der Waals surface area contributed by atoms with E-state index >= 15 is 0 Å². The average Bonchev–Trinajstić information content (AvgIpc) is 2.58. The van der Waals surface area contributed by atoms with E-state index in [1.54, 1.807) is 11.3 Å². The van der Waals surface area contributed by atoms with Gasteiger partial charge in [0.1, 0.15) is 0 Å². The highest BCUT2D eigenvalue weighted by Gasteiger charge is 2.27. The molecule has 1 saturated carbocycles. The van der Waals surface area contributed by atoms with Crippen LogP contribution in [0.2, 0.25) is 4.34 Å². The molecule has 1 aliphatic rings. The molecule has 2 unspecified atom stereocenters. The second-order valence-electron chi connectivity index (χ2n) is 5.18. The van der Waals surface area contributed by atoms with Gasteiger partial charge in [0.15, 0.2) is 0 Å². The van der Waals surface area contributed by atoms with Crippen LogP contribution in [0.4, 0.5) is 0 Å². The number of rotatable bonds is 5. The molecule has 2 rings (SSSR count). The summed E-state index contributed by atoms with van der Waals surface area (Å²) < 4.78 is 0.850. The van der Waals surface area contributed by atoms with Crippen LogP contribution < -0.4 is 5.73 Å². The molecule has 2 N–H and O–H groups in total. The van der Waals surface area contributed by atoms with Gasteiger partial charge >= 0.3 is 0 Å². The summed E-state index contributed by atoms with van der Waals surface area (Å²) in [5.74, 6) is 0.872. The lowest BCUT2D eigenvalue weighted by molar-refractivity contribution is 0.151. The third kappa shape index (κ3) is 3.22. The minimum absolute atomic E-state index is 0.134. The summed E-state index contributed by atoms with van der Waals surface area (Å²) in [5.41, 5.74) is 6.14. The van der Waals surface area contributed by atoms with E-state index in [2.05, 4.69) is 24.9 Å². The van der Waals surface area contributed by atoms with Crippen LogP contribution in [0.25, 0.3) is 0 Å². The number of hydrogen-bond acceptors (Lipinski definition) is 3. The van der Waals surface area contributed by atoms with Crippen LogP contribution in [0.15, 0.2) is 12.1 Å². The highest BCUT2D eigenvalue weighted by Crippen LogP contribution is 2.34. The highest BCUT2D eigenvalue weighted by molar-refractivity contribution is 7.16. The maximum Gasteiger partial charge on any atom is 0.0931 e. The number of halogens is 1. The Balaban J connectivity index is 2.05. The summed E-state index contributed by atoms with van der Waals surface area (Å²) in [7, 11) is 2.18. The smallest absolute Gasteiger partial charge is 0.0931 e. The van der Waals surface area contributed by atoms with Gasteiger partial charge in [0.25, 0.3) is 0 Å². The van der Waals surface area contributed by atoms with E-state index in [-0.39, 0.29) is 6.04 Å². The van der Waals surface area contributed by atoms with Crippen molar-refractivity contribution in [3.05, 3.63) is 21.3 Å². The minimum atomic E-state index is 0.134. The molecule has 1 aromatic heterocycles. The van der Waals surface area contributed by atoms with E-state index < -0.39 is 0 Å². The first-order valence-electron chi connectivity index (χ1n) is 6.29. The first kappa shape index (κ1) is 13.3. The Morgan fingerprint density at radius 2 is 2.24 bits per heavy atom. The molecule has 2 atom stereocenters. The van der Waals surface area contributed by atoms with Gasteiger partial charge in [-0.15, -0.1) is 11.3 Å². The molecule has 4 heteroatoms. The lowest BCUT2D eigenvalue weighted by atomic mass is 9.84. The van der Waals surface area contributed by atoms with Crippen LogP contribution in [0.1, 0.15) is 37.1 Å². The van der Waals surface area contributed by atoms with Crippen molar-refractivity contribution in [3.8, 4) is 0 Å². The SMILES string of the molecule is CC(N)C(c1ccc(Cl)s1)N(C)CC1CCC1. The largest absolute Gasteiger partial charge is 0.326 e. The van der Waals surface area contributed by atoms with Crippen LogP contribution >= 0.6 is 22.9 Å². The van der Waals surface area contributed by atoms with E-state index in [0.717, 1.165) is 16.8 Å². The van der Waals surface area contributed by atoms with Gasteiger partial charge in [0.2, 0.25) is 0 Å². The van der Waals surface area contributed by atoms with Gasteiger partial charge in [-0.05, 0) is 44.9 Å². The van der Waals surface area contributed by atoms with Gasteiger partial charge in [-0.2, -0.15) is 0 Å². The van der Waals surface area contributed by atoms with Crippen molar-refractivity contribution in [2.45, 2.75) is 38.3 Å². The van der Waals surface area contributed by atoms with Crippen LogP contribution in [0.5, 0.6) is 0 Å². The average molecular weight is 273 g/mol. The molecule has 17 heavy (non-hydrogen) atoms. The molecular weight excluding hydrogens is 252 g/mol. The minimum Gasteiger partial charge on any atom is -0.326 e. The molecule has 1 heterocycles. The van der Waals surface area contributed by atoms with Crippen molar-refractivity contribution in [2.24, 2.45) is 11.7 Å². The zero-order valence-electron chi connectivity index (χ0n) is 10.5. The number of thiophene rings is 1. The first-order valence-corrected chi connectivity index (χ1v) is 7.48. The Bertz CT molecular complexity index is 360. The maximum atomic E-state index is 6.14. The molecule has 0 saturated heterocycles. The normalized spacial score (nSPS) is 20.3. The summed E-state index contributed by atoms with van der Waals surface area (Å²) in [6.07, 6.45) is 4.15. The molecule has 2 nitrogen and oxygen atoms in total. The van der Waals surface area contributed by atoms with Gasteiger partial charge in [0.05, 0.1) is 10.4 Å². The molecule has 0 aliphatic heterocycles. The fraction of sp³-hybridized carbons (Fsp3) is 0.692. The second-order valence-corrected chi connectivity index (χ2v) is 6.93. The molecule has 1 fully saturated rings. The molecule has 0 spiro atoms. The van der Waals surface area contributed by atoms with Crippen molar-refractivity contribution in [1.29, 1.82) is 0 Å². The van der Waals surface area contributed by atoms with Crippen LogP contribution in [0, 0.1) is 5.92 Å². The number of nitrogens with zero attached hydrogens (tertiary/aromatic N) is 1. The van der Waals surface area contributed by atoms with E-state index in [1.807, 2.05) is 6.07 Å². The van der Waals surface area contributed by atoms with Crippen molar-refractivity contribution in [3.63, 3.8) is 0 Å². The van der Waals surface area contributed by atoms with Crippen molar-refractivity contribution >= 4 is 22.9 Å². The lowest BCUT2D eigenvalue weighted by Crippen LogP contribution is -2.40. The Morgan fingerprint density at radius 1 is 1.53 bits per heavy atom. The fourth-order valence-electron chi connectivity index (χ4n) is 2.56. The zero-order chi connectivity index (χ0) is 12.4. The third-order valence-electron chi connectivity index (χ3n) is 3.63. The predicted molar refractivity (Wildman–Crippen MR) is 75.7 cm³/mol. The Morgan fingerprint density at radius 3 is 2.65 bits per heavy atom. The van der Waals surface area contributed by atoms with E-state index in [9.17, 15) is 0 Å². The van der Waals surface area contributed by atoms with Crippen molar-refractivity contribution in [2.75, 3.05) is 13.6 Å². The van der Waals surface area contributed by atoms with Gasteiger partial charge in [-0.1, -0.05) is 18.0 Å². The first-order chi connectivity index (χ1) is 8.08. The van der Waals surface area contributed by atoms with Crippen LogP contribution in [0.3, 0.4) is 0 Å². The van der Waals surface area contributed by atoms with Gasteiger partial charge in [-0.25, -0.2) is 0 Å². The molecule has 0 radical (unpaired) electrons. The summed E-state index contributed by atoms with van der Waals surface area (Å²) in [6, 6.07) is 4.51. The quantitative estimate of drug-likeness (QED) is 0.889. The summed E-state index contributed by atoms with van der Waals surface area (Å²) in [6.45, 7) is 3.23. The highest BCUT2D eigenvalue weighted by atomic mass is 35.5. The number of hydrogen-bond donors (Lipinski definition) is 1. The second kappa shape index (κ2) is 5.70. The predicted octanol–water partition coefficient (Wildman–Crippen LogP) is 3.52. The van der Waals surface area contributed by atoms with Crippen LogP contribution in [-0.4, -0.2) is 24.5 Å². The molecular formula is C13H21ClN2S. The molecule has 1 aliphatic carbocycles. The Labute approximate surface area is 113 Å². The van der Waals surface area contributed by atoms with E-state index in [4.69, 9.17) is 17.3 Å². The van der Waals surface area contributed by atoms with Gasteiger partial charge < -0.3 is 5.73 Å². The molecule has 1 aromatic rings. The third-order valence-corrected chi connectivity index (χ3v) is 4.93. The summed E-state index contributed by atoms with van der Waals surface area (Å²) in [5, 5.41) is 0. The number of nitrogens with two attached hydrogens (primary N) is 1. The van der Waals surface area contributed by atoms with Crippen molar-refractivity contribution < 1.29 is 0 Å². The molecule has 0 aromatic carbocycles. The van der Waals surface area contributed by atoms with Crippen LogP contribution in [-0.2, 0) is 0 Å². The number of likely N-dealkylation sites (N-methyl/N-ethyl adjacent to an activating group) is 1. The van der Waals surface area contributed by atoms with Crippen molar-refractivity contribution in [1.82, 2.24) is 4.90 Å². The summed E-state index contributed by atoms with van der Waals surface area (Å²) in [4.78, 5) is 3.68. The Hall–Kier alpha value is -0.0900. The Kier molecular flexibility index (Phi) is 4.47. The van der Waals surface area contributed by atoms with Gasteiger partial charge in [-0.3, -0.25) is 4.90 Å². The van der Waals surface area contributed by atoms with Gasteiger partial charge in [0, 0.05) is 17.5 Å². The molecule has 0 bridgehead atoms. The fourth-order valence-corrected chi connectivity index (χ4v) is 3.90. The summed E-state index contributed by atoms with van der Waals surface area (Å²) >= 11 is 7.67. The lowest BCUT2D eigenvalue weighted by Gasteiger charge is -2.36. The molecule has 96 valence electrons. The monoisotopic (exact) mass is 272 g/mol. The standard InChI is InChI=1S/C13H21ClN2S/c1-9(15)13(11-6-7-12(14)17-11)16(2)8-10-4-3-5-10/h6-7,9-10,13H,3-5,8,15H2,1-2H3. The molecule has 0 amide bonds. The topological polar surface area (TPSA) is 29.3 Å².